The number of nitrogens with zero attached hydrogens (tertiary/aromatic N) is 2. The molecule has 0 saturated heterocycles. The maximum atomic E-state index is 5.88. The molecular formula is C14H16ClN3OS. The summed E-state index contributed by atoms with van der Waals surface area (Å²) in [6.07, 6.45) is 0. The number of hydrogen-bond donors (Lipinski definition) is 1. The van der Waals surface area contributed by atoms with E-state index in [1.807, 2.05) is 44.3 Å². The molecule has 6 heteroatoms. The van der Waals surface area contributed by atoms with E-state index in [1.54, 1.807) is 11.8 Å². The highest BCUT2D eigenvalue weighted by Gasteiger charge is 2.06. The Hall–Kier alpha value is -1.30. The minimum absolute atomic E-state index is 0.417. The first-order valence-corrected chi connectivity index (χ1v) is 7.47. The zero-order valence-electron chi connectivity index (χ0n) is 11.4. The summed E-state index contributed by atoms with van der Waals surface area (Å²) in [5, 5.41) is 4.64. The van der Waals surface area contributed by atoms with Gasteiger partial charge in [0, 0.05) is 29.6 Å². The summed E-state index contributed by atoms with van der Waals surface area (Å²) < 4.78 is 5.36. The number of rotatable bonds is 6. The molecule has 0 aliphatic heterocycles. The normalized spacial score (nSPS) is 10.6. The van der Waals surface area contributed by atoms with Gasteiger partial charge < -0.3 is 10.1 Å². The van der Waals surface area contributed by atoms with E-state index in [9.17, 15) is 0 Å². The van der Waals surface area contributed by atoms with Gasteiger partial charge in [0.05, 0.1) is 0 Å². The van der Waals surface area contributed by atoms with Crippen molar-refractivity contribution in [2.75, 3.05) is 19.0 Å². The Bertz CT molecular complexity index is 563. The Kier molecular flexibility index (Phi) is 5.64. The maximum absolute atomic E-state index is 5.88. The third-order valence-electron chi connectivity index (χ3n) is 2.48. The summed E-state index contributed by atoms with van der Waals surface area (Å²) in [6, 6.07) is 9.58. The third kappa shape index (κ3) is 4.37. The van der Waals surface area contributed by atoms with E-state index in [0.717, 1.165) is 20.8 Å². The Labute approximate surface area is 127 Å². The Morgan fingerprint density at radius 3 is 2.65 bits per heavy atom. The zero-order valence-corrected chi connectivity index (χ0v) is 13.0. The number of ether oxygens (including phenoxy) is 1. The average Bonchev–Trinajstić information content (AvgIpc) is 2.47. The van der Waals surface area contributed by atoms with Crippen molar-refractivity contribution in [1.82, 2.24) is 9.97 Å². The number of benzene rings is 1. The molecule has 0 radical (unpaired) electrons. The van der Waals surface area contributed by atoms with Crippen LogP contribution in [0.1, 0.15) is 12.7 Å². The molecule has 1 aromatic heterocycles. The molecule has 1 N–H and O–H groups in total. The molecule has 106 valence electrons. The van der Waals surface area contributed by atoms with Crippen molar-refractivity contribution in [2.24, 2.45) is 0 Å². The summed E-state index contributed by atoms with van der Waals surface area (Å²) in [7, 11) is 1.84. The lowest BCUT2D eigenvalue weighted by atomic mass is 10.4. The molecule has 0 amide bonds. The van der Waals surface area contributed by atoms with Crippen LogP contribution in [-0.2, 0) is 11.3 Å². The molecule has 4 nitrogen and oxygen atoms in total. The molecule has 20 heavy (non-hydrogen) atoms. The van der Waals surface area contributed by atoms with Gasteiger partial charge in [-0.2, -0.15) is 0 Å². The molecule has 0 fully saturated rings. The van der Waals surface area contributed by atoms with Crippen LogP contribution in [0.2, 0.25) is 5.02 Å². The number of hydrogen-bond acceptors (Lipinski definition) is 5. The lowest BCUT2D eigenvalue weighted by molar-refractivity contribution is 0.128. The minimum atomic E-state index is 0.417. The molecule has 0 atom stereocenters. The second-order valence-electron chi connectivity index (χ2n) is 3.95. The predicted molar refractivity (Wildman–Crippen MR) is 82.5 cm³/mol. The molecule has 0 aliphatic carbocycles. The van der Waals surface area contributed by atoms with Crippen LogP contribution in [0.3, 0.4) is 0 Å². The van der Waals surface area contributed by atoms with Gasteiger partial charge in [-0.1, -0.05) is 23.4 Å². The second kappa shape index (κ2) is 7.47. The number of nitrogens with one attached hydrogen (secondary N) is 1. The molecule has 2 rings (SSSR count). The predicted octanol–water partition coefficient (Wildman–Crippen LogP) is 3.86. The van der Waals surface area contributed by atoms with Crippen LogP contribution in [0, 0.1) is 0 Å². The van der Waals surface area contributed by atoms with Crippen LogP contribution < -0.4 is 5.32 Å². The van der Waals surface area contributed by atoms with Crippen LogP contribution in [-0.4, -0.2) is 23.6 Å². The summed E-state index contributed by atoms with van der Waals surface area (Å²) in [5.74, 6) is 1.46. The second-order valence-corrected chi connectivity index (χ2v) is 5.48. The van der Waals surface area contributed by atoms with Crippen molar-refractivity contribution < 1.29 is 4.74 Å². The van der Waals surface area contributed by atoms with Crippen LogP contribution in [0.25, 0.3) is 0 Å². The monoisotopic (exact) mass is 309 g/mol. The maximum Gasteiger partial charge on any atom is 0.157 e. The minimum Gasteiger partial charge on any atom is -0.374 e. The molecule has 0 aliphatic rings. The van der Waals surface area contributed by atoms with Gasteiger partial charge in [-0.25, -0.2) is 9.97 Å². The Morgan fingerprint density at radius 1 is 1.25 bits per heavy atom. The van der Waals surface area contributed by atoms with Crippen molar-refractivity contribution in [3.05, 3.63) is 41.2 Å². The van der Waals surface area contributed by atoms with Crippen molar-refractivity contribution in [3.63, 3.8) is 0 Å². The van der Waals surface area contributed by atoms with E-state index < -0.39 is 0 Å². The van der Waals surface area contributed by atoms with Crippen LogP contribution in [0.5, 0.6) is 0 Å². The molecular weight excluding hydrogens is 294 g/mol. The van der Waals surface area contributed by atoms with E-state index in [-0.39, 0.29) is 0 Å². The quantitative estimate of drug-likeness (QED) is 0.821. The average molecular weight is 310 g/mol. The summed E-state index contributed by atoms with van der Waals surface area (Å²) in [6.45, 7) is 3.01. The number of halogens is 1. The van der Waals surface area contributed by atoms with E-state index in [0.29, 0.717) is 19.0 Å². The van der Waals surface area contributed by atoms with Gasteiger partial charge >= 0.3 is 0 Å². The van der Waals surface area contributed by atoms with Crippen LogP contribution in [0.4, 0.5) is 5.82 Å². The van der Waals surface area contributed by atoms with Crippen molar-refractivity contribution in [3.8, 4) is 0 Å². The van der Waals surface area contributed by atoms with E-state index in [2.05, 4.69) is 15.3 Å². The summed E-state index contributed by atoms with van der Waals surface area (Å²) in [4.78, 5) is 9.93. The SMILES string of the molecule is CCOCc1nc(NC)cc(Sc2ccc(Cl)cc2)n1. The molecule has 2 aromatic rings. The highest BCUT2D eigenvalue weighted by Crippen LogP contribution is 2.28. The molecule has 0 spiro atoms. The summed E-state index contributed by atoms with van der Waals surface area (Å²) >= 11 is 7.45. The van der Waals surface area contributed by atoms with Gasteiger partial charge in [0.1, 0.15) is 17.5 Å². The van der Waals surface area contributed by atoms with Gasteiger partial charge in [-0.15, -0.1) is 0 Å². The first-order valence-electron chi connectivity index (χ1n) is 6.28. The van der Waals surface area contributed by atoms with Gasteiger partial charge in [-0.05, 0) is 31.2 Å². The largest absolute Gasteiger partial charge is 0.374 e. The molecule has 1 aromatic carbocycles. The van der Waals surface area contributed by atoms with Crippen molar-refractivity contribution >= 4 is 29.2 Å². The van der Waals surface area contributed by atoms with E-state index in [1.165, 1.54) is 0 Å². The molecule has 1 heterocycles. The van der Waals surface area contributed by atoms with E-state index >= 15 is 0 Å². The smallest absolute Gasteiger partial charge is 0.157 e. The standard InChI is InChI=1S/C14H16ClN3OS/c1-3-19-9-13-17-12(16-2)8-14(18-13)20-11-6-4-10(15)5-7-11/h4-8H,3,9H2,1-2H3,(H,16,17,18). The zero-order chi connectivity index (χ0) is 14.4. The highest BCUT2D eigenvalue weighted by atomic mass is 35.5. The fraction of sp³-hybridized carbons (Fsp3) is 0.286. The number of aromatic nitrogens is 2. The first-order chi connectivity index (χ1) is 9.71. The Balaban J connectivity index is 2.19. The molecule has 0 saturated carbocycles. The van der Waals surface area contributed by atoms with Crippen LogP contribution >= 0.6 is 23.4 Å². The van der Waals surface area contributed by atoms with Gasteiger partial charge in [0.2, 0.25) is 0 Å². The van der Waals surface area contributed by atoms with Crippen LogP contribution in [0.15, 0.2) is 40.3 Å². The number of anilines is 1. The van der Waals surface area contributed by atoms with Crippen molar-refractivity contribution in [1.29, 1.82) is 0 Å². The summed E-state index contributed by atoms with van der Waals surface area (Å²) in [5.41, 5.74) is 0. The van der Waals surface area contributed by atoms with Gasteiger partial charge in [-0.3, -0.25) is 0 Å². The lowest BCUT2D eigenvalue weighted by Gasteiger charge is -2.07. The lowest BCUT2D eigenvalue weighted by Crippen LogP contribution is -2.03. The van der Waals surface area contributed by atoms with Crippen molar-refractivity contribution in [2.45, 2.75) is 23.5 Å². The Morgan fingerprint density at radius 2 is 2.00 bits per heavy atom. The molecule has 0 unspecified atom stereocenters. The van der Waals surface area contributed by atoms with Gasteiger partial charge in [0.25, 0.3) is 0 Å². The highest BCUT2D eigenvalue weighted by molar-refractivity contribution is 7.99. The first kappa shape index (κ1) is 15.1. The third-order valence-corrected chi connectivity index (χ3v) is 3.65. The fourth-order valence-corrected chi connectivity index (χ4v) is 2.50. The topological polar surface area (TPSA) is 47.0 Å². The fourth-order valence-electron chi connectivity index (χ4n) is 1.53. The molecule has 0 bridgehead atoms. The van der Waals surface area contributed by atoms with E-state index in [4.69, 9.17) is 16.3 Å². The van der Waals surface area contributed by atoms with Gasteiger partial charge in [0.15, 0.2) is 5.82 Å².